The van der Waals surface area contributed by atoms with E-state index >= 15 is 0 Å². The molecule has 0 aliphatic heterocycles. The van der Waals surface area contributed by atoms with Gasteiger partial charge in [-0.1, -0.05) is 30.3 Å². The molecule has 4 nitrogen and oxygen atoms in total. The first-order valence-corrected chi connectivity index (χ1v) is 6.01. The van der Waals surface area contributed by atoms with E-state index in [0.29, 0.717) is 6.54 Å². The molecule has 1 atom stereocenters. The Kier molecular flexibility index (Phi) is 7.36. The second kappa shape index (κ2) is 7.69. The van der Waals surface area contributed by atoms with Crippen LogP contribution in [0.3, 0.4) is 0 Å². The lowest BCUT2D eigenvalue weighted by molar-refractivity contribution is 0.0668. The molecule has 1 N–H and O–H groups in total. The van der Waals surface area contributed by atoms with E-state index in [1.807, 2.05) is 68.3 Å². The molecule has 0 bridgehead atoms. The van der Waals surface area contributed by atoms with Crippen molar-refractivity contribution < 1.29 is 5.11 Å². The van der Waals surface area contributed by atoms with E-state index in [9.17, 15) is 5.11 Å². The van der Waals surface area contributed by atoms with Crippen LogP contribution >= 0.6 is 24.0 Å². The van der Waals surface area contributed by atoms with Crippen molar-refractivity contribution in [1.82, 2.24) is 9.80 Å². The van der Waals surface area contributed by atoms with Gasteiger partial charge < -0.3 is 14.9 Å². The van der Waals surface area contributed by atoms with Crippen molar-refractivity contribution in [2.24, 2.45) is 4.99 Å². The summed E-state index contributed by atoms with van der Waals surface area (Å²) in [6, 6.07) is 9.62. The van der Waals surface area contributed by atoms with E-state index in [0.717, 1.165) is 11.5 Å². The highest BCUT2D eigenvalue weighted by molar-refractivity contribution is 14.0. The molecule has 0 saturated heterocycles. The summed E-state index contributed by atoms with van der Waals surface area (Å²) in [4.78, 5) is 8.35. The van der Waals surface area contributed by atoms with Crippen LogP contribution in [0.25, 0.3) is 0 Å². The number of guanidine groups is 1. The maximum atomic E-state index is 10.5. The fourth-order valence-electron chi connectivity index (χ4n) is 1.80. The summed E-state index contributed by atoms with van der Waals surface area (Å²) in [5.41, 5.74) is -0.0657. The van der Waals surface area contributed by atoms with Crippen molar-refractivity contribution in [3.63, 3.8) is 0 Å². The second-order valence-corrected chi connectivity index (χ2v) is 5.04. The third-order valence-corrected chi connectivity index (χ3v) is 2.72. The van der Waals surface area contributed by atoms with Gasteiger partial charge in [0.25, 0.3) is 0 Å². The Morgan fingerprint density at radius 3 is 2.00 bits per heavy atom. The van der Waals surface area contributed by atoms with E-state index < -0.39 is 5.60 Å². The van der Waals surface area contributed by atoms with Gasteiger partial charge in [0.15, 0.2) is 5.96 Å². The molecule has 0 fully saturated rings. The maximum absolute atomic E-state index is 10.5. The quantitative estimate of drug-likeness (QED) is 0.498. The highest BCUT2D eigenvalue weighted by Crippen LogP contribution is 2.20. The number of aliphatic hydroxyl groups is 1. The van der Waals surface area contributed by atoms with Gasteiger partial charge in [0.1, 0.15) is 5.60 Å². The minimum absolute atomic E-state index is 0. The Labute approximate surface area is 133 Å². The molecule has 1 aromatic rings. The summed E-state index contributed by atoms with van der Waals surface area (Å²) in [6.45, 7) is 2.12. The maximum Gasteiger partial charge on any atom is 0.195 e. The summed E-state index contributed by atoms with van der Waals surface area (Å²) in [5, 5.41) is 10.5. The van der Waals surface area contributed by atoms with E-state index in [1.165, 1.54) is 0 Å². The van der Waals surface area contributed by atoms with Crippen molar-refractivity contribution in [1.29, 1.82) is 0 Å². The first-order valence-electron chi connectivity index (χ1n) is 6.01. The highest BCUT2D eigenvalue weighted by atomic mass is 127. The van der Waals surface area contributed by atoms with Crippen molar-refractivity contribution >= 4 is 29.9 Å². The largest absolute Gasteiger partial charge is 0.384 e. The van der Waals surface area contributed by atoms with E-state index in [4.69, 9.17) is 0 Å². The van der Waals surface area contributed by atoms with Gasteiger partial charge in [0.2, 0.25) is 0 Å². The van der Waals surface area contributed by atoms with Crippen molar-refractivity contribution in [2.45, 2.75) is 12.5 Å². The molecule has 0 amide bonds. The minimum atomic E-state index is -0.946. The number of rotatable bonds is 3. The number of nitrogens with zero attached hydrogens (tertiary/aromatic N) is 3. The number of hydrogen-bond donors (Lipinski definition) is 1. The fourth-order valence-corrected chi connectivity index (χ4v) is 1.80. The molecular weight excluding hydrogens is 353 g/mol. The lowest BCUT2D eigenvalue weighted by Crippen LogP contribution is -2.37. The van der Waals surface area contributed by atoms with Crippen LogP contribution in [0, 0.1) is 0 Å². The van der Waals surface area contributed by atoms with Gasteiger partial charge in [-0.15, -0.1) is 24.0 Å². The molecule has 0 heterocycles. The van der Waals surface area contributed by atoms with Crippen LogP contribution in [0.5, 0.6) is 0 Å². The van der Waals surface area contributed by atoms with Crippen LogP contribution in [-0.2, 0) is 5.60 Å². The molecule has 0 spiro atoms. The van der Waals surface area contributed by atoms with Gasteiger partial charge >= 0.3 is 0 Å². The summed E-state index contributed by atoms with van der Waals surface area (Å²) in [6.07, 6.45) is 0. The molecule has 0 radical (unpaired) electrons. The third kappa shape index (κ3) is 5.36. The van der Waals surface area contributed by atoms with Gasteiger partial charge in [-0.05, 0) is 12.5 Å². The summed E-state index contributed by atoms with van der Waals surface area (Å²) >= 11 is 0. The Morgan fingerprint density at radius 2 is 1.58 bits per heavy atom. The molecule has 0 saturated carbocycles. The lowest BCUT2D eigenvalue weighted by Gasteiger charge is -2.26. The summed E-state index contributed by atoms with van der Waals surface area (Å²) in [5.74, 6) is 0.839. The number of halogens is 1. The molecule has 108 valence electrons. The van der Waals surface area contributed by atoms with E-state index in [2.05, 4.69) is 4.99 Å². The van der Waals surface area contributed by atoms with Crippen molar-refractivity contribution in [3.8, 4) is 0 Å². The second-order valence-electron chi connectivity index (χ2n) is 5.04. The normalized spacial score (nSPS) is 12.9. The van der Waals surface area contributed by atoms with Crippen molar-refractivity contribution in [3.05, 3.63) is 35.9 Å². The number of hydrogen-bond acceptors (Lipinski definition) is 2. The average Bonchev–Trinajstić information content (AvgIpc) is 2.29. The van der Waals surface area contributed by atoms with Crippen LogP contribution in [0.1, 0.15) is 12.5 Å². The monoisotopic (exact) mass is 377 g/mol. The molecular formula is C14H24IN3O. The number of aliphatic imine (C=N–C) groups is 1. The molecule has 0 aliphatic carbocycles. The SMILES string of the molecule is CN(C)C(=NCC(C)(O)c1ccccc1)N(C)C.I. The van der Waals surface area contributed by atoms with Crippen LogP contribution in [0.2, 0.25) is 0 Å². The summed E-state index contributed by atoms with van der Waals surface area (Å²) in [7, 11) is 7.76. The molecule has 5 heteroatoms. The molecule has 1 aromatic carbocycles. The van der Waals surface area contributed by atoms with E-state index in [1.54, 1.807) is 6.92 Å². The molecule has 1 rings (SSSR count). The summed E-state index contributed by atoms with van der Waals surface area (Å²) < 4.78 is 0. The fraction of sp³-hybridized carbons (Fsp3) is 0.500. The van der Waals surface area contributed by atoms with Crippen LogP contribution in [0.15, 0.2) is 35.3 Å². The molecule has 1 unspecified atom stereocenters. The van der Waals surface area contributed by atoms with Gasteiger partial charge in [-0.3, -0.25) is 0 Å². The Hall–Kier alpha value is -0.820. The molecule has 0 aromatic heterocycles. The van der Waals surface area contributed by atoms with Crippen LogP contribution in [-0.4, -0.2) is 55.6 Å². The average molecular weight is 377 g/mol. The van der Waals surface area contributed by atoms with E-state index in [-0.39, 0.29) is 24.0 Å². The van der Waals surface area contributed by atoms with Gasteiger partial charge in [0, 0.05) is 28.2 Å². The third-order valence-electron chi connectivity index (χ3n) is 2.72. The van der Waals surface area contributed by atoms with Crippen LogP contribution < -0.4 is 0 Å². The van der Waals surface area contributed by atoms with Crippen molar-refractivity contribution in [2.75, 3.05) is 34.7 Å². The smallest absolute Gasteiger partial charge is 0.195 e. The topological polar surface area (TPSA) is 39.1 Å². The molecule has 0 aliphatic rings. The Balaban J connectivity index is 0.00000324. The first-order chi connectivity index (χ1) is 8.34. The standard InChI is InChI=1S/C14H23N3O.HI/c1-14(18,12-9-7-6-8-10-12)11-15-13(16(2)3)17(4)5;/h6-10,18H,11H2,1-5H3;1H. The molecule has 19 heavy (non-hydrogen) atoms. The number of benzene rings is 1. The highest BCUT2D eigenvalue weighted by Gasteiger charge is 2.22. The zero-order valence-electron chi connectivity index (χ0n) is 12.3. The Bertz CT molecular complexity index is 392. The zero-order chi connectivity index (χ0) is 13.8. The predicted molar refractivity (Wildman–Crippen MR) is 91.1 cm³/mol. The van der Waals surface area contributed by atoms with Crippen LogP contribution in [0.4, 0.5) is 0 Å². The van der Waals surface area contributed by atoms with Gasteiger partial charge in [-0.2, -0.15) is 0 Å². The predicted octanol–water partition coefficient (Wildman–Crippen LogP) is 1.99. The van der Waals surface area contributed by atoms with Gasteiger partial charge in [0.05, 0.1) is 6.54 Å². The Morgan fingerprint density at radius 1 is 1.11 bits per heavy atom. The lowest BCUT2D eigenvalue weighted by atomic mass is 9.96. The minimum Gasteiger partial charge on any atom is -0.384 e. The first kappa shape index (κ1) is 18.2. The van der Waals surface area contributed by atoms with Gasteiger partial charge in [-0.25, -0.2) is 4.99 Å². The zero-order valence-corrected chi connectivity index (χ0v) is 14.6.